The van der Waals surface area contributed by atoms with Crippen LogP contribution < -0.4 is 10.5 Å². The fourth-order valence-corrected chi connectivity index (χ4v) is 2.13. The minimum Gasteiger partial charge on any atom is -0.422 e. The van der Waals surface area contributed by atoms with Crippen LogP contribution in [-0.4, -0.2) is 18.9 Å². The van der Waals surface area contributed by atoms with E-state index in [1.807, 2.05) is 18.2 Å². The van der Waals surface area contributed by atoms with Crippen molar-refractivity contribution in [2.45, 2.75) is 41.0 Å². The maximum Gasteiger partial charge on any atom is 0.347 e. The van der Waals surface area contributed by atoms with Crippen LogP contribution in [0.1, 0.15) is 51.4 Å². The highest BCUT2D eigenvalue weighted by atomic mass is 16.4. The largest absolute Gasteiger partial charge is 0.422 e. The molecule has 0 saturated heterocycles. The van der Waals surface area contributed by atoms with Gasteiger partial charge in [-0.05, 0) is 39.0 Å². The molecule has 2 rings (SSSR count). The number of carbonyl (C=O) groups is 1. The zero-order valence-electron chi connectivity index (χ0n) is 14.1. The molecule has 0 amide bonds. The van der Waals surface area contributed by atoms with Crippen LogP contribution in [0.3, 0.4) is 0 Å². The van der Waals surface area contributed by atoms with Crippen molar-refractivity contribution in [2.24, 2.45) is 0 Å². The molecule has 0 atom stereocenters. The van der Waals surface area contributed by atoms with Gasteiger partial charge in [-0.3, -0.25) is 4.79 Å². The number of anilines is 1. The summed E-state index contributed by atoms with van der Waals surface area (Å²) in [6.45, 7) is 11.5. The maximum absolute atomic E-state index is 11.7. The van der Waals surface area contributed by atoms with Crippen molar-refractivity contribution < 1.29 is 9.21 Å². The highest BCUT2D eigenvalue weighted by Gasteiger charge is 2.10. The number of carbonyl (C=O) groups excluding carboxylic acids is 1. The summed E-state index contributed by atoms with van der Waals surface area (Å²) in [4.78, 5) is 25.2. The van der Waals surface area contributed by atoms with Crippen LogP contribution >= 0.6 is 0 Å². The van der Waals surface area contributed by atoms with Crippen LogP contribution in [0.5, 0.6) is 0 Å². The zero-order chi connectivity index (χ0) is 16.7. The molecule has 0 aliphatic carbocycles. The van der Waals surface area contributed by atoms with E-state index >= 15 is 0 Å². The van der Waals surface area contributed by atoms with E-state index in [1.165, 1.54) is 13.3 Å². The summed E-state index contributed by atoms with van der Waals surface area (Å²) in [6, 6.07) is 7.28. The smallest absolute Gasteiger partial charge is 0.347 e. The van der Waals surface area contributed by atoms with E-state index in [2.05, 4.69) is 32.6 Å². The second-order valence-corrected chi connectivity index (χ2v) is 5.11. The standard InChI is InChI=1S/C15H17NO3.C3H8/c1-4-16(5-2)12-7-6-11-8-13(10(3)17)15(18)19-14(11)9-12;1-3-2/h6-9H,4-5H2,1-3H3;3H2,1-2H3. The van der Waals surface area contributed by atoms with E-state index in [0.717, 1.165) is 24.2 Å². The molecule has 0 N–H and O–H groups in total. The van der Waals surface area contributed by atoms with Crippen LogP contribution in [0.2, 0.25) is 0 Å². The third-order valence-corrected chi connectivity index (χ3v) is 3.23. The van der Waals surface area contributed by atoms with E-state index in [0.29, 0.717) is 5.58 Å². The van der Waals surface area contributed by atoms with E-state index in [9.17, 15) is 9.59 Å². The molecule has 0 radical (unpaired) electrons. The molecule has 120 valence electrons. The molecule has 22 heavy (non-hydrogen) atoms. The molecular formula is C18H25NO3. The molecular weight excluding hydrogens is 278 g/mol. The molecule has 2 aromatic rings. The Labute approximate surface area is 131 Å². The molecule has 0 bridgehead atoms. The van der Waals surface area contributed by atoms with Crippen LogP contribution in [0.25, 0.3) is 11.0 Å². The van der Waals surface area contributed by atoms with Crippen LogP contribution in [-0.2, 0) is 0 Å². The summed E-state index contributed by atoms with van der Waals surface area (Å²) < 4.78 is 5.23. The van der Waals surface area contributed by atoms with Gasteiger partial charge in [0.05, 0.1) is 0 Å². The molecule has 1 aromatic heterocycles. The molecule has 1 heterocycles. The van der Waals surface area contributed by atoms with E-state index in [-0.39, 0.29) is 11.3 Å². The average molecular weight is 303 g/mol. The number of ketones is 1. The molecule has 4 nitrogen and oxygen atoms in total. The van der Waals surface area contributed by atoms with Gasteiger partial charge in [-0.25, -0.2) is 4.79 Å². The summed E-state index contributed by atoms with van der Waals surface area (Å²) in [6.07, 6.45) is 1.25. The van der Waals surface area contributed by atoms with Crippen LogP contribution in [0, 0.1) is 0 Å². The number of fused-ring (bicyclic) bond motifs is 1. The van der Waals surface area contributed by atoms with Crippen molar-refractivity contribution in [3.05, 3.63) is 40.2 Å². The number of hydrogen-bond acceptors (Lipinski definition) is 4. The van der Waals surface area contributed by atoms with Gasteiger partial charge in [0.1, 0.15) is 11.1 Å². The molecule has 1 aromatic carbocycles. The minimum absolute atomic E-state index is 0.100. The Kier molecular flexibility index (Phi) is 6.83. The van der Waals surface area contributed by atoms with Gasteiger partial charge in [0, 0.05) is 30.2 Å². The predicted octanol–water partition coefficient (Wildman–Crippen LogP) is 4.26. The Morgan fingerprint density at radius 1 is 1.09 bits per heavy atom. The molecule has 0 fully saturated rings. The Bertz CT molecular complexity index is 684. The normalized spacial score (nSPS) is 10.0. The number of rotatable bonds is 4. The van der Waals surface area contributed by atoms with Crippen molar-refractivity contribution in [1.29, 1.82) is 0 Å². The van der Waals surface area contributed by atoms with Crippen molar-refractivity contribution in [2.75, 3.05) is 18.0 Å². The first-order chi connectivity index (χ1) is 10.5. The fraction of sp³-hybridized carbons (Fsp3) is 0.444. The lowest BCUT2D eigenvalue weighted by Gasteiger charge is -2.20. The summed E-state index contributed by atoms with van der Waals surface area (Å²) in [5.41, 5.74) is 1.05. The molecule has 0 aliphatic rings. The highest BCUT2D eigenvalue weighted by molar-refractivity contribution is 5.96. The SMILES string of the molecule is CCC.CCN(CC)c1ccc2cc(C(C)=O)c(=O)oc2c1. The zero-order valence-corrected chi connectivity index (χ0v) is 14.1. The quantitative estimate of drug-likeness (QED) is 0.625. The van der Waals surface area contributed by atoms with Gasteiger partial charge >= 0.3 is 5.63 Å². The fourth-order valence-electron chi connectivity index (χ4n) is 2.13. The number of Topliss-reactive ketones (excluding diaryl/α,β-unsaturated/α-hetero) is 1. The average Bonchev–Trinajstić information content (AvgIpc) is 2.48. The van der Waals surface area contributed by atoms with Gasteiger partial charge in [-0.1, -0.05) is 20.3 Å². The Morgan fingerprint density at radius 3 is 2.18 bits per heavy atom. The summed E-state index contributed by atoms with van der Waals surface area (Å²) in [7, 11) is 0. The monoisotopic (exact) mass is 303 g/mol. The first-order valence-electron chi connectivity index (χ1n) is 7.82. The molecule has 0 spiro atoms. The Hall–Kier alpha value is -2.10. The first-order valence-corrected chi connectivity index (χ1v) is 7.82. The Morgan fingerprint density at radius 2 is 1.68 bits per heavy atom. The maximum atomic E-state index is 11.7. The molecule has 0 aliphatic heterocycles. The lowest BCUT2D eigenvalue weighted by Crippen LogP contribution is -2.21. The van der Waals surface area contributed by atoms with Gasteiger partial charge in [-0.15, -0.1) is 0 Å². The molecule has 0 unspecified atom stereocenters. The van der Waals surface area contributed by atoms with E-state index < -0.39 is 5.63 Å². The molecule has 4 heteroatoms. The van der Waals surface area contributed by atoms with Gasteiger partial charge in [0.15, 0.2) is 5.78 Å². The summed E-state index contributed by atoms with van der Waals surface area (Å²) in [5, 5.41) is 0.765. The van der Waals surface area contributed by atoms with Crippen molar-refractivity contribution in [3.63, 3.8) is 0 Å². The third kappa shape index (κ3) is 4.20. The van der Waals surface area contributed by atoms with Crippen LogP contribution in [0.15, 0.2) is 33.5 Å². The third-order valence-electron chi connectivity index (χ3n) is 3.23. The van der Waals surface area contributed by atoms with E-state index in [4.69, 9.17) is 4.42 Å². The minimum atomic E-state index is -0.573. The second kappa shape index (κ2) is 8.37. The van der Waals surface area contributed by atoms with E-state index in [1.54, 1.807) is 6.07 Å². The van der Waals surface area contributed by atoms with Gasteiger partial charge in [-0.2, -0.15) is 0 Å². The number of benzene rings is 1. The topological polar surface area (TPSA) is 50.5 Å². The van der Waals surface area contributed by atoms with Gasteiger partial charge < -0.3 is 9.32 Å². The van der Waals surface area contributed by atoms with Crippen molar-refractivity contribution >= 4 is 22.4 Å². The molecule has 0 saturated carbocycles. The van der Waals surface area contributed by atoms with Crippen molar-refractivity contribution in [3.8, 4) is 0 Å². The number of nitrogens with zero attached hydrogens (tertiary/aromatic N) is 1. The summed E-state index contributed by atoms with van der Waals surface area (Å²) in [5.74, 6) is -0.275. The van der Waals surface area contributed by atoms with Gasteiger partial charge in [0.25, 0.3) is 0 Å². The number of hydrogen-bond donors (Lipinski definition) is 0. The van der Waals surface area contributed by atoms with Gasteiger partial charge in [0.2, 0.25) is 0 Å². The lowest BCUT2D eigenvalue weighted by atomic mass is 10.1. The highest BCUT2D eigenvalue weighted by Crippen LogP contribution is 2.21. The summed E-state index contributed by atoms with van der Waals surface area (Å²) >= 11 is 0. The van der Waals surface area contributed by atoms with Crippen LogP contribution in [0.4, 0.5) is 5.69 Å². The van der Waals surface area contributed by atoms with Crippen molar-refractivity contribution in [1.82, 2.24) is 0 Å². The second-order valence-electron chi connectivity index (χ2n) is 5.11. The predicted molar refractivity (Wildman–Crippen MR) is 92.0 cm³/mol. The first kappa shape index (κ1) is 18.0. The lowest BCUT2D eigenvalue weighted by molar-refractivity contribution is 0.101. The Balaban J connectivity index is 0.000000745.